The zero-order valence-corrected chi connectivity index (χ0v) is 14.8. The molecule has 0 unspecified atom stereocenters. The van der Waals surface area contributed by atoms with Gasteiger partial charge in [-0.25, -0.2) is 4.79 Å². The van der Waals surface area contributed by atoms with E-state index in [0.717, 1.165) is 0 Å². The summed E-state index contributed by atoms with van der Waals surface area (Å²) in [6, 6.07) is 11.7. The predicted octanol–water partition coefficient (Wildman–Crippen LogP) is 4.21. The predicted molar refractivity (Wildman–Crippen MR) is 97.7 cm³/mol. The van der Waals surface area contributed by atoms with Crippen LogP contribution in [0, 0.1) is 6.92 Å². The molecule has 0 saturated carbocycles. The number of aromatic carboxylic acids is 1. The third kappa shape index (κ3) is 3.50. The molecule has 0 aliphatic rings. The number of aromatic hydroxyl groups is 1. The number of carboxylic acid groups (broad SMARTS) is 1. The first-order valence-electron chi connectivity index (χ1n) is 7.67. The lowest BCUT2D eigenvalue weighted by Crippen LogP contribution is -2.02. The van der Waals surface area contributed by atoms with Crippen molar-refractivity contribution < 1.29 is 28.0 Å². The maximum absolute atomic E-state index is 11.7. The van der Waals surface area contributed by atoms with Gasteiger partial charge in [0.05, 0.1) is 5.56 Å². The van der Waals surface area contributed by atoms with Crippen molar-refractivity contribution in [2.24, 2.45) is 10.2 Å². The minimum atomic E-state index is -4.49. The molecule has 0 bridgehead atoms. The number of hydrogen-bond donors (Lipinski definition) is 3. The van der Waals surface area contributed by atoms with Crippen LogP contribution in [0.25, 0.3) is 10.8 Å². The lowest BCUT2D eigenvalue weighted by Gasteiger charge is -2.10. The van der Waals surface area contributed by atoms with E-state index in [0.29, 0.717) is 5.56 Å². The lowest BCUT2D eigenvalue weighted by atomic mass is 10.1. The van der Waals surface area contributed by atoms with Gasteiger partial charge in [0.1, 0.15) is 16.3 Å². The Labute approximate surface area is 154 Å². The number of benzene rings is 3. The topological polar surface area (TPSA) is 137 Å². The molecule has 138 valence electrons. The lowest BCUT2D eigenvalue weighted by molar-refractivity contribution is 0.0697. The molecule has 0 radical (unpaired) electrons. The Bertz CT molecular complexity index is 1200. The number of azo groups is 1. The summed E-state index contributed by atoms with van der Waals surface area (Å²) in [5.74, 6) is -1.51. The number of carbonyl (C=O) groups is 1. The molecule has 0 aromatic heterocycles. The standard InChI is InChI=1S/C18H14N2O6S/c1-10-6-7-11-12(17(10)27(24,25)26)8-9-15(16(11)21)20-19-14-5-3-2-4-13(14)18(22)23/h2-9,21H,1H3,(H,22,23)(H,24,25,26). The second-order valence-corrected chi connectivity index (χ2v) is 7.10. The van der Waals surface area contributed by atoms with Gasteiger partial charge in [0, 0.05) is 10.8 Å². The van der Waals surface area contributed by atoms with Crippen molar-refractivity contribution in [2.75, 3.05) is 0 Å². The summed E-state index contributed by atoms with van der Waals surface area (Å²) in [5.41, 5.74) is 0.403. The highest BCUT2D eigenvalue weighted by atomic mass is 32.2. The maximum Gasteiger partial charge on any atom is 0.337 e. The Balaban J connectivity index is 2.15. The van der Waals surface area contributed by atoms with Crippen molar-refractivity contribution in [1.29, 1.82) is 0 Å². The van der Waals surface area contributed by atoms with E-state index in [9.17, 15) is 22.9 Å². The zero-order chi connectivity index (χ0) is 19.8. The van der Waals surface area contributed by atoms with Crippen LogP contribution in [0.15, 0.2) is 63.7 Å². The highest BCUT2D eigenvalue weighted by Crippen LogP contribution is 2.39. The summed E-state index contributed by atoms with van der Waals surface area (Å²) >= 11 is 0. The molecular weight excluding hydrogens is 372 g/mol. The summed E-state index contributed by atoms with van der Waals surface area (Å²) in [6.07, 6.45) is 0. The molecule has 3 aromatic rings. The second-order valence-electron chi connectivity index (χ2n) is 5.74. The Morgan fingerprint density at radius 2 is 1.56 bits per heavy atom. The first-order valence-corrected chi connectivity index (χ1v) is 9.11. The normalized spacial score (nSPS) is 11.9. The molecule has 0 heterocycles. The van der Waals surface area contributed by atoms with Gasteiger partial charge in [0.2, 0.25) is 0 Å². The SMILES string of the molecule is Cc1ccc2c(O)c(N=Nc3ccccc3C(=O)O)ccc2c1S(=O)(=O)O. The fourth-order valence-corrected chi connectivity index (χ4v) is 3.66. The van der Waals surface area contributed by atoms with E-state index in [-0.39, 0.29) is 38.4 Å². The van der Waals surface area contributed by atoms with E-state index in [1.165, 1.54) is 43.3 Å². The number of carboxylic acids is 1. The third-order valence-corrected chi connectivity index (χ3v) is 5.01. The second kappa shape index (κ2) is 6.78. The third-order valence-electron chi connectivity index (χ3n) is 3.96. The average Bonchev–Trinajstić information content (AvgIpc) is 2.60. The monoisotopic (exact) mass is 386 g/mol. The van der Waals surface area contributed by atoms with Gasteiger partial charge in [0.25, 0.3) is 10.1 Å². The van der Waals surface area contributed by atoms with Crippen LogP contribution < -0.4 is 0 Å². The van der Waals surface area contributed by atoms with Gasteiger partial charge >= 0.3 is 5.97 Å². The van der Waals surface area contributed by atoms with Crippen molar-refractivity contribution in [3.8, 4) is 5.75 Å². The summed E-state index contributed by atoms with van der Waals surface area (Å²) in [7, 11) is -4.49. The van der Waals surface area contributed by atoms with Crippen molar-refractivity contribution in [2.45, 2.75) is 11.8 Å². The zero-order valence-electron chi connectivity index (χ0n) is 14.0. The number of hydrogen-bond acceptors (Lipinski definition) is 6. The number of nitrogens with zero attached hydrogens (tertiary/aromatic N) is 2. The van der Waals surface area contributed by atoms with Gasteiger partial charge in [-0.3, -0.25) is 4.55 Å². The van der Waals surface area contributed by atoms with Crippen LogP contribution in [0.5, 0.6) is 5.75 Å². The van der Waals surface area contributed by atoms with E-state index in [4.69, 9.17) is 5.11 Å². The molecule has 0 spiro atoms. The van der Waals surface area contributed by atoms with Crippen LogP contribution in [0.4, 0.5) is 11.4 Å². The molecule has 0 aliphatic carbocycles. The maximum atomic E-state index is 11.7. The highest BCUT2D eigenvalue weighted by Gasteiger charge is 2.19. The van der Waals surface area contributed by atoms with Crippen molar-refractivity contribution in [3.05, 3.63) is 59.7 Å². The fourth-order valence-electron chi connectivity index (χ4n) is 2.73. The van der Waals surface area contributed by atoms with E-state index < -0.39 is 16.1 Å². The fraction of sp³-hybridized carbons (Fsp3) is 0.0556. The Morgan fingerprint density at radius 1 is 0.926 bits per heavy atom. The molecule has 3 N–H and O–H groups in total. The number of aryl methyl sites for hydroxylation is 1. The molecule has 3 rings (SSSR count). The summed E-state index contributed by atoms with van der Waals surface area (Å²) in [6.45, 7) is 1.52. The van der Waals surface area contributed by atoms with Gasteiger partial charge in [-0.05, 0) is 30.7 Å². The van der Waals surface area contributed by atoms with Gasteiger partial charge in [-0.2, -0.15) is 8.42 Å². The molecular formula is C18H14N2O6S. The molecule has 0 atom stereocenters. The van der Waals surface area contributed by atoms with Crippen LogP contribution in [0.1, 0.15) is 15.9 Å². The summed E-state index contributed by atoms with van der Waals surface area (Å²) in [5, 5.41) is 27.7. The van der Waals surface area contributed by atoms with Gasteiger partial charge < -0.3 is 10.2 Å². The molecule has 27 heavy (non-hydrogen) atoms. The van der Waals surface area contributed by atoms with Crippen LogP contribution >= 0.6 is 0 Å². The van der Waals surface area contributed by atoms with E-state index >= 15 is 0 Å². The average molecular weight is 386 g/mol. The number of fused-ring (bicyclic) bond motifs is 1. The Morgan fingerprint density at radius 3 is 2.22 bits per heavy atom. The van der Waals surface area contributed by atoms with Crippen LogP contribution in [0.2, 0.25) is 0 Å². The minimum Gasteiger partial charge on any atom is -0.505 e. The molecule has 0 saturated heterocycles. The van der Waals surface area contributed by atoms with Crippen LogP contribution in [-0.2, 0) is 10.1 Å². The summed E-state index contributed by atoms with van der Waals surface area (Å²) < 4.78 is 32.8. The molecule has 8 nitrogen and oxygen atoms in total. The van der Waals surface area contributed by atoms with E-state index in [1.807, 2.05) is 0 Å². The van der Waals surface area contributed by atoms with Crippen molar-refractivity contribution in [3.63, 3.8) is 0 Å². The summed E-state index contributed by atoms with van der Waals surface area (Å²) in [4.78, 5) is 10.9. The number of phenolic OH excluding ortho intramolecular Hbond substituents is 1. The van der Waals surface area contributed by atoms with Gasteiger partial charge in [-0.15, -0.1) is 10.2 Å². The quantitative estimate of drug-likeness (QED) is 0.454. The first-order chi connectivity index (χ1) is 12.7. The Hall–Kier alpha value is -3.30. The van der Waals surface area contributed by atoms with Crippen molar-refractivity contribution in [1.82, 2.24) is 0 Å². The molecule has 0 fully saturated rings. The molecule has 0 amide bonds. The van der Waals surface area contributed by atoms with Crippen LogP contribution in [0.3, 0.4) is 0 Å². The van der Waals surface area contributed by atoms with Crippen molar-refractivity contribution >= 4 is 38.2 Å². The van der Waals surface area contributed by atoms with E-state index in [1.54, 1.807) is 12.1 Å². The Kier molecular flexibility index (Phi) is 4.64. The smallest absolute Gasteiger partial charge is 0.337 e. The minimum absolute atomic E-state index is 0.0211. The van der Waals surface area contributed by atoms with Gasteiger partial charge in [-0.1, -0.05) is 30.3 Å². The molecule has 0 aliphatic heterocycles. The molecule has 3 aromatic carbocycles. The largest absolute Gasteiger partial charge is 0.505 e. The van der Waals surface area contributed by atoms with Crippen LogP contribution in [-0.4, -0.2) is 29.2 Å². The van der Waals surface area contributed by atoms with E-state index in [2.05, 4.69) is 10.2 Å². The number of rotatable bonds is 4. The molecule has 9 heteroatoms. The number of phenols is 1. The first kappa shape index (κ1) is 18.5. The highest BCUT2D eigenvalue weighted by molar-refractivity contribution is 7.86. The van der Waals surface area contributed by atoms with Gasteiger partial charge in [0.15, 0.2) is 5.75 Å².